The van der Waals surface area contributed by atoms with Gasteiger partial charge in [-0.3, -0.25) is 4.90 Å². The van der Waals surface area contributed by atoms with Crippen molar-refractivity contribution in [1.29, 1.82) is 15.8 Å². The lowest BCUT2D eigenvalue weighted by Crippen LogP contribution is -2.41. The van der Waals surface area contributed by atoms with Gasteiger partial charge in [-0.25, -0.2) is 19.2 Å². The predicted octanol–water partition coefficient (Wildman–Crippen LogP) is 6.00. The molecular weight excluding hydrogens is 776 g/mol. The molecule has 0 saturated carbocycles. The Kier molecular flexibility index (Phi) is 22.5. The first-order valence-electron chi connectivity index (χ1n) is 19.0. The summed E-state index contributed by atoms with van der Waals surface area (Å²) in [5.41, 5.74) is 3.07. The summed E-state index contributed by atoms with van der Waals surface area (Å²) in [6.07, 6.45) is 4.10. The Morgan fingerprint density at radius 1 is 0.610 bits per heavy atom. The Labute approximate surface area is 351 Å². The number of alkyl halides is 1. The van der Waals surface area contributed by atoms with Crippen molar-refractivity contribution in [3.63, 3.8) is 0 Å². The zero-order chi connectivity index (χ0) is 43.6. The summed E-state index contributed by atoms with van der Waals surface area (Å²) >= 11 is 6.21. The van der Waals surface area contributed by atoms with Crippen LogP contribution in [0.2, 0.25) is 0 Å². The van der Waals surface area contributed by atoms with E-state index >= 15 is 0 Å². The second-order valence-electron chi connectivity index (χ2n) is 13.0. The topological polar surface area (TPSA) is 186 Å². The normalized spacial score (nSPS) is 11.0. The molecule has 312 valence electrons. The lowest BCUT2D eigenvalue weighted by atomic mass is 10.1. The molecule has 2 aromatic carbocycles. The van der Waals surface area contributed by atoms with Gasteiger partial charge in [-0.1, -0.05) is 44.3 Å². The zero-order valence-electron chi connectivity index (χ0n) is 33.9. The number of halogens is 1. The molecule has 0 aliphatic rings. The average molecular weight is 827 g/mol. The van der Waals surface area contributed by atoms with Crippen molar-refractivity contribution in [3.05, 3.63) is 95.1 Å². The third kappa shape index (κ3) is 18.2. The van der Waals surface area contributed by atoms with Crippen molar-refractivity contribution >= 4 is 59.0 Å². The van der Waals surface area contributed by atoms with Crippen molar-refractivity contribution in [1.82, 2.24) is 4.90 Å². The molecule has 0 N–H and O–H groups in total. The SMILES string of the molecule is C=C(C)C(=O)OCCOC(=O)C(C#N)=Cc1ccc(N(CCCl)CCN(CCC)CCN(CCC#N)c2ccc(C=C(C#N)C(=O)OCCOC(=O)C(=C)C)cc2)cc1. The maximum atomic E-state index is 12.4. The van der Waals surface area contributed by atoms with Crippen LogP contribution in [-0.4, -0.2) is 107 Å². The summed E-state index contributed by atoms with van der Waals surface area (Å²) in [5, 5.41) is 28.5. The minimum Gasteiger partial charge on any atom is -0.459 e. The standard InChI is InChI=1S/C44H51ClN6O8/c1-6-18-49(22-24-51(20-16-45)40-14-10-36(11-15-40)30-38(32-48)44(55)59-28-26-57-42(53)34(4)5)21-23-50(19-7-17-46)39-12-8-35(9-13-39)29-37(31-47)43(54)58-27-25-56-41(52)33(2)3/h8-15,29-30H,2,4,6-7,16,18-28H2,1,3,5H3. The van der Waals surface area contributed by atoms with E-state index in [9.17, 15) is 35.0 Å². The van der Waals surface area contributed by atoms with Gasteiger partial charge < -0.3 is 28.7 Å². The Hall–Kier alpha value is -6.40. The number of anilines is 2. The average Bonchev–Trinajstić information content (AvgIpc) is 3.23. The summed E-state index contributed by atoms with van der Waals surface area (Å²) in [4.78, 5) is 54.5. The number of benzene rings is 2. The number of carbonyl (C=O) groups excluding carboxylic acids is 4. The Bertz CT molecular complexity index is 1940. The Balaban J connectivity index is 2.06. The second kappa shape index (κ2) is 27.3. The summed E-state index contributed by atoms with van der Waals surface area (Å²) in [6.45, 7) is 16.1. The number of hydrogen-bond donors (Lipinski definition) is 0. The van der Waals surface area contributed by atoms with Crippen LogP contribution in [0.3, 0.4) is 0 Å². The van der Waals surface area contributed by atoms with Crippen molar-refractivity contribution in [2.75, 3.05) is 87.9 Å². The smallest absolute Gasteiger partial charge is 0.349 e. The minimum atomic E-state index is -0.837. The van der Waals surface area contributed by atoms with E-state index in [0.717, 1.165) is 37.4 Å². The van der Waals surface area contributed by atoms with Crippen LogP contribution in [0.15, 0.2) is 84.0 Å². The van der Waals surface area contributed by atoms with Gasteiger partial charge in [0.25, 0.3) is 0 Å². The molecule has 0 bridgehead atoms. The monoisotopic (exact) mass is 826 g/mol. The third-order valence-electron chi connectivity index (χ3n) is 8.38. The minimum absolute atomic E-state index is 0.155. The number of carbonyl (C=O) groups is 4. The molecule has 0 aromatic heterocycles. The number of nitriles is 3. The van der Waals surface area contributed by atoms with Crippen LogP contribution in [0.5, 0.6) is 0 Å². The van der Waals surface area contributed by atoms with E-state index < -0.39 is 23.9 Å². The van der Waals surface area contributed by atoms with Gasteiger partial charge >= 0.3 is 23.9 Å². The summed E-state index contributed by atoms with van der Waals surface area (Å²) in [5.74, 6) is -2.46. The molecule has 0 heterocycles. The molecule has 0 radical (unpaired) electrons. The zero-order valence-corrected chi connectivity index (χ0v) is 34.7. The van der Waals surface area contributed by atoms with Gasteiger partial charge in [-0.2, -0.15) is 15.8 Å². The maximum Gasteiger partial charge on any atom is 0.349 e. The van der Waals surface area contributed by atoms with Gasteiger partial charge in [0, 0.05) is 67.7 Å². The molecule has 0 fully saturated rings. The highest BCUT2D eigenvalue weighted by atomic mass is 35.5. The molecule has 0 spiro atoms. The van der Waals surface area contributed by atoms with Crippen molar-refractivity contribution in [2.24, 2.45) is 0 Å². The fourth-order valence-corrected chi connectivity index (χ4v) is 5.52. The third-order valence-corrected chi connectivity index (χ3v) is 8.54. The van der Waals surface area contributed by atoms with E-state index in [2.05, 4.69) is 40.9 Å². The molecule has 0 aliphatic heterocycles. The molecule has 14 nitrogen and oxygen atoms in total. The molecular formula is C44H51ClN6O8. The first-order valence-corrected chi connectivity index (χ1v) is 19.5. The van der Waals surface area contributed by atoms with E-state index in [1.165, 1.54) is 26.0 Å². The van der Waals surface area contributed by atoms with Crippen molar-refractivity contribution in [3.8, 4) is 18.2 Å². The Morgan fingerprint density at radius 2 is 1.00 bits per heavy atom. The number of hydrogen-bond acceptors (Lipinski definition) is 14. The molecule has 0 unspecified atom stereocenters. The van der Waals surface area contributed by atoms with Crippen LogP contribution in [-0.2, 0) is 38.1 Å². The summed E-state index contributed by atoms with van der Waals surface area (Å²) in [7, 11) is 0. The van der Waals surface area contributed by atoms with Gasteiger partial charge in [0.2, 0.25) is 0 Å². The molecule has 0 aliphatic carbocycles. The van der Waals surface area contributed by atoms with Crippen LogP contribution < -0.4 is 9.80 Å². The molecule has 59 heavy (non-hydrogen) atoms. The highest BCUT2D eigenvalue weighted by Crippen LogP contribution is 2.20. The highest BCUT2D eigenvalue weighted by molar-refractivity contribution is 6.18. The number of nitrogens with zero attached hydrogens (tertiary/aromatic N) is 6. The number of ether oxygens (including phenoxy) is 4. The van der Waals surface area contributed by atoms with Crippen LogP contribution in [0, 0.1) is 34.0 Å². The van der Waals surface area contributed by atoms with Gasteiger partial charge in [0.1, 0.15) is 49.7 Å². The lowest BCUT2D eigenvalue weighted by Gasteiger charge is -2.31. The van der Waals surface area contributed by atoms with E-state index in [0.29, 0.717) is 49.6 Å². The molecule has 0 atom stereocenters. The fourth-order valence-electron chi connectivity index (χ4n) is 5.31. The second-order valence-corrected chi connectivity index (χ2v) is 13.4. The van der Waals surface area contributed by atoms with E-state index in [-0.39, 0.29) is 48.7 Å². The summed E-state index contributed by atoms with van der Waals surface area (Å²) < 4.78 is 20.0. The maximum absolute atomic E-state index is 12.4. The predicted molar refractivity (Wildman–Crippen MR) is 226 cm³/mol. The molecule has 0 amide bonds. The van der Waals surface area contributed by atoms with Crippen LogP contribution in [0.25, 0.3) is 12.2 Å². The summed E-state index contributed by atoms with van der Waals surface area (Å²) in [6, 6.07) is 20.6. The van der Waals surface area contributed by atoms with Gasteiger partial charge in [0.05, 0.1) is 12.5 Å². The molecule has 2 aromatic rings. The first kappa shape index (κ1) is 48.7. The number of esters is 4. The fraction of sp³-hybridized carbons (Fsp3) is 0.386. The quantitative estimate of drug-likeness (QED) is 0.0268. The molecule has 0 saturated heterocycles. The van der Waals surface area contributed by atoms with Crippen LogP contribution in [0.1, 0.15) is 44.7 Å². The molecule has 15 heteroatoms. The Morgan fingerprint density at radius 3 is 1.34 bits per heavy atom. The van der Waals surface area contributed by atoms with E-state index in [1.807, 2.05) is 36.4 Å². The highest BCUT2D eigenvalue weighted by Gasteiger charge is 2.16. The lowest BCUT2D eigenvalue weighted by molar-refractivity contribution is -0.147. The van der Waals surface area contributed by atoms with Gasteiger partial charge in [0.15, 0.2) is 0 Å². The van der Waals surface area contributed by atoms with Crippen LogP contribution in [0.4, 0.5) is 11.4 Å². The molecule has 2 rings (SSSR count). The van der Waals surface area contributed by atoms with E-state index in [4.69, 9.17) is 30.5 Å². The first-order chi connectivity index (χ1) is 28.4. The van der Waals surface area contributed by atoms with Crippen LogP contribution >= 0.6 is 11.6 Å². The number of rotatable bonds is 26. The van der Waals surface area contributed by atoms with Crippen molar-refractivity contribution in [2.45, 2.75) is 33.6 Å². The van der Waals surface area contributed by atoms with Crippen molar-refractivity contribution < 1.29 is 38.1 Å². The van der Waals surface area contributed by atoms with Gasteiger partial charge in [-0.15, -0.1) is 11.6 Å². The van der Waals surface area contributed by atoms with Gasteiger partial charge in [-0.05, 0) is 74.4 Å². The largest absolute Gasteiger partial charge is 0.459 e. The van der Waals surface area contributed by atoms with E-state index in [1.54, 1.807) is 24.3 Å².